The highest BCUT2D eigenvalue weighted by Gasteiger charge is 2.17. The maximum absolute atomic E-state index is 8.97. The Balaban J connectivity index is 2.97. The van der Waals surface area contributed by atoms with E-state index >= 15 is 0 Å². The third-order valence-corrected chi connectivity index (χ3v) is 2.84. The van der Waals surface area contributed by atoms with Gasteiger partial charge in [-0.3, -0.25) is 0 Å². The van der Waals surface area contributed by atoms with Crippen molar-refractivity contribution in [3.63, 3.8) is 0 Å². The van der Waals surface area contributed by atoms with Gasteiger partial charge in [0.1, 0.15) is 5.75 Å². The number of rotatable bonds is 4. The largest absolute Gasteiger partial charge is 0.496 e. The van der Waals surface area contributed by atoms with Crippen LogP contribution in [-0.4, -0.2) is 7.11 Å². The van der Waals surface area contributed by atoms with Gasteiger partial charge in [-0.05, 0) is 30.5 Å². The number of nitrogens with two attached hydrogens (primary N) is 1. The molecule has 0 heterocycles. The first-order valence-electron chi connectivity index (χ1n) is 5.43. The summed E-state index contributed by atoms with van der Waals surface area (Å²) in [5.74, 6) is 0.716. The average Bonchev–Trinajstić information content (AvgIpc) is 2.30. The van der Waals surface area contributed by atoms with Gasteiger partial charge >= 0.3 is 0 Å². The summed E-state index contributed by atoms with van der Waals surface area (Å²) in [5.41, 5.74) is 8.09. The summed E-state index contributed by atoms with van der Waals surface area (Å²) >= 11 is 0. The highest BCUT2D eigenvalue weighted by Crippen LogP contribution is 2.26. The molecule has 3 nitrogen and oxygen atoms in total. The molecule has 2 N–H and O–H groups in total. The quantitative estimate of drug-likeness (QED) is 0.844. The molecule has 0 fully saturated rings. The molecule has 0 aliphatic carbocycles. The molecule has 0 aromatic heterocycles. The summed E-state index contributed by atoms with van der Waals surface area (Å²) in [6.45, 7) is 3.95. The Labute approximate surface area is 96.8 Å². The number of benzene rings is 1. The van der Waals surface area contributed by atoms with E-state index in [9.17, 15) is 0 Å². The number of aryl methyl sites for hydroxylation is 1. The van der Waals surface area contributed by atoms with Gasteiger partial charge in [-0.2, -0.15) is 5.26 Å². The monoisotopic (exact) mass is 218 g/mol. The minimum atomic E-state index is -0.223. The Kier molecular flexibility index (Phi) is 4.33. The summed E-state index contributed by atoms with van der Waals surface area (Å²) in [6.07, 6.45) is 0.767. The summed E-state index contributed by atoms with van der Waals surface area (Å²) in [5, 5.41) is 8.97. The van der Waals surface area contributed by atoms with Crippen molar-refractivity contribution < 1.29 is 4.74 Å². The van der Waals surface area contributed by atoms with Gasteiger partial charge in [0.05, 0.1) is 19.1 Å². The van der Waals surface area contributed by atoms with Crippen molar-refractivity contribution in [1.82, 2.24) is 0 Å². The molecule has 2 atom stereocenters. The number of hydrogen-bond acceptors (Lipinski definition) is 3. The van der Waals surface area contributed by atoms with Gasteiger partial charge in [-0.1, -0.05) is 19.1 Å². The Morgan fingerprint density at radius 3 is 2.62 bits per heavy atom. The van der Waals surface area contributed by atoms with Gasteiger partial charge < -0.3 is 10.5 Å². The SMILES string of the molecule is CCC(C#N)C(N)c1ccc(OC)c(C)c1. The van der Waals surface area contributed by atoms with Gasteiger partial charge in [-0.25, -0.2) is 0 Å². The van der Waals surface area contributed by atoms with Gasteiger partial charge in [0.25, 0.3) is 0 Å². The van der Waals surface area contributed by atoms with Crippen molar-refractivity contribution in [3.8, 4) is 11.8 Å². The first-order valence-corrected chi connectivity index (χ1v) is 5.43. The number of ether oxygens (including phenoxy) is 1. The standard InChI is InChI=1S/C13H18N2O/c1-4-10(8-14)13(15)11-5-6-12(16-3)9(2)7-11/h5-7,10,13H,4,15H2,1-3H3. The van der Waals surface area contributed by atoms with Crippen LogP contribution in [0, 0.1) is 24.2 Å². The maximum Gasteiger partial charge on any atom is 0.121 e. The average molecular weight is 218 g/mol. The minimum absolute atomic E-state index is 0.132. The first-order chi connectivity index (χ1) is 7.63. The van der Waals surface area contributed by atoms with E-state index in [0.717, 1.165) is 23.3 Å². The molecule has 0 saturated heterocycles. The zero-order valence-corrected chi connectivity index (χ0v) is 10.0. The zero-order chi connectivity index (χ0) is 12.1. The van der Waals surface area contributed by atoms with Gasteiger partial charge in [0.15, 0.2) is 0 Å². The van der Waals surface area contributed by atoms with Gasteiger partial charge in [0, 0.05) is 6.04 Å². The summed E-state index contributed by atoms with van der Waals surface area (Å²) in [4.78, 5) is 0. The first kappa shape index (κ1) is 12.5. The lowest BCUT2D eigenvalue weighted by Gasteiger charge is -2.17. The second kappa shape index (κ2) is 5.53. The van der Waals surface area contributed by atoms with Crippen molar-refractivity contribution in [2.75, 3.05) is 7.11 Å². The highest BCUT2D eigenvalue weighted by atomic mass is 16.5. The van der Waals surface area contributed by atoms with E-state index in [1.54, 1.807) is 7.11 Å². The van der Waals surface area contributed by atoms with Crippen molar-refractivity contribution >= 4 is 0 Å². The van der Waals surface area contributed by atoms with Gasteiger partial charge in [0.2, 0.25) is 0 Å². The summed E-state index contributed by atoms with van der Waals surface area (Å²) in [6, 6.07) is 7.83. The molecule has 0 aliphatic rings. The molecule has 86 valence electrons. The van der Waals surface area contributed by atoms with E-state index in [1.807, 2.05) is 32.0 Å². The molecule has 16 heavy (non-hydrogen) atoms. The molecule has 1 rings (SSSR count). The van der Waals surface area contributed by atoms with E-state index in [0.29, 0.717) is 0 Å². The molecule has 0 amide bonds. The van der Waals surface area contributed by atoms with E-state index < -0.39 is 0 Å². The van der Waals surface area contributed by atoms with Crippen LogP contribution >= 0.6 is 0 Å². The molecule has 2 unspecified atom stereocenters. The van der Waals surface area contributed by atoms with Crippen LogP contribution in [0.15, 0.2) is 18.2 Å². The fourth-order valence-corrected chi connectivity index (χ4v) is 1.77. The van der Waals surface area contributed by atoms with E-state index in [2.05, 4.69) is 6.07 Å². The lowest BCUT2D eigenvalue weighted by Crippen LogP contribution is -2.19. The summed E-state index contributed by atoms with van der Waals surface area (Å²) < 4.78 is 5.19. The van der Waals surface area contributed by atoms with Crippen LogP contribution < -0.4 is 10.5 Å². The minimum Gasteiger partial charge on any atom is -0.496 e. The predicted octanol–water partition coefficient (Wildman–Crippen LogP) is 2.55. The van der Waals surface area contributed by atoms with Crippen LogP contribution in [-0.2, 0) is 0 Å². The van der Waals surface area contributed by atoms with Crippen LogP contribution in [0.5, 0.6) is 5.75 Å². The van der Waals surface area contributed by atoms with E-state index in [-0.39, 0.29) is 12.0 Å². The Morgan fingerprint density at radius 2 is 2.19 bits per heavy atom. The fraction of sp³-hybridized carbons (Fsp3) is 0.462. The molecule has 0 aliphatic heterocycles. The highest BCUT2D eigenvalue weighted by molar-refractivity contribution is 5.37. The molecular weight excluding hydrogens is 200 g/mol. The summed E-state index contributed by atoms with van der Waals surface area (Å²) in [7, 11) is 1.64. The maximum atomic E-state index is 8.97. The number of methoxy groups -OCH3 is 1. The van der Waals surface area contributed by atoms with Crippen molar-refractivity contribution in [3.05, 3.63) is 29.3 Å². The van der Waals surface area contributed by atoms with Crippen molar-refractivity contribution in [2.45, 2.75) is 26.3 Å². The zero-order valence-electron chi connectivity index (χ0n) is 10.0. The fourth-order valence-electron chi connectivity index (χ4n) is 1.77. The third kappa shape index (κ3) is 2.53. The molecule has 0 bridgehead atoms. The molecule has 3 heteroatoms. The van der Waals surface area contributed by atoms with Crippen LogP contribution in [0.25, 0.3) is 0 Å². The molecule has 1 aromatic carbocycles. The second-order valence-electron chi connectivity index (χ2n) is 3.90. The lowest BCUT2D eigenvalue weighted by atomic mass is 9.92. The Bertz CT molecular complexity index is 395. The Hall–Kier alpha value is -1.53. The second-order valence-corrected chi connectivity index (χ2v) is 3.90. The number of nitrogens with zero attached hydrogens (tertiary/aromatic N) is 1. The van der Waals surface area contributed by atoms with E-state index in [1.165, 1.54) is 0 Å². The van der Waals surface area contributed by atoms with Crippen molar-refractivity contribution in [1.29, 1.82) is 5.26 Å². The van der Waals surface area contributed by atoms with E-state index in [4.69, 9.17) is 15.7 Å². The Morgan fingerprint density at radius 1 is 1.50 bits per heavy atom. The molecule has 1 aromatic rings. The van der Waals surface area contributed by atoms with Crippen molar-refractivity contribution in [2.24, 2.45) is 11.7 Å². The lowest BCUT2D eigenvalue weighted by molar-refractivity contribution is 0.411. The van der Waals surface area contributed by atoms with Crippen LogP contribution in [0.3, 0.4) is 0 Å². The molecule has 0 spiro atoms. The smallest absolute Gasteiger partial charge is 0.121 e. The molecule has 0 saturated carbocycles. The van der Waals surface area contributed by atoms with Gasteiger partial charge in [-0.15, -0.1) is 0 Å². The number of hydrogen-bond donors (Lipinski definition) is 1. The topological polar surface area (TPSA) is 59.0 Å². The normalized spacial score (nSPS) is 13.9. The van der Waals surface area contributed by atoms with Crippen LogP contribution in [0.4, 0.5) is 0 Å². The molecular formula is C13H18N2O. The van der Waals surface area contributed by atoms with Crippen LogP contribution in [0.2, 0.25) is 0 Å². The third-order valence-electron chi connectivity index (χ3n) is 2.84. The predicted molar refractivity (Wildman–Crippen MR) is 64.1 cm³/mol. The van der Waals surface area contributed by atoms with Crippen LogP contribution in [0.1, 0.15) is 30.5 Å². The molecule has 0 radical (unpaired) electrons. The number of nitriles is 1.